The molecular formula is C16H31N3O. The Morgan fingerprint density at radius 3 is 2.40 bits per heavy atom. The molecular weight excluding hydrogens is 250 g/mol. The van der Waals surface area contributed by atoms with Crippen LogP contribution in [0.5, 0.6) is 0 Å². The molecule has 2 aliphatic rings. The van der Waals surface area contributed by atoms with Crippen LogP contribution in [-0.4, -0.2) is 54.0 Å². The van der Waals surface area contributed by atoms with Gasteiger partial charge < -0.3 is 15.5 Å². The fourth-order valence-electron chi connectivity index (χ4n) is 3.50. The Bertz CT molecular complexity index is 292. The van der Waals surface area contributed by atoms with Gasteiger partial charge in [-0.05, 0) is 58.5 Å². The van der Waals surface area contributed by atoms with Crippen molar-refractivity contribution in [3.05, 3.63) is 0 Å². The van der Waals surface area contributed by atoms with E-state index in [-0.39, 0.29) is 6.04 Å². The zero-order valence-electron chi connectivity index (χ0n) is 13.0. The Hall–Kier alpha value is -0.610. The molecule has 0 aliphatic carbocycles. The van der Waals surface area contributed by atoms with Crippen LogP contribution in [0.2, 0.25) is 0 Å². The lowest BCUT2D eigenvalue weighted by atomic mass is 9.99. The molecule has 2 rings (SSSR count). The summed E-state index contributed by atoms with van der Waals surface area (Å²) in [5.74, 6) is 0.336. The number of carbonyl (C=O) groups excluding carboxylic acids is 1. The Morgan fingerprint density at radius 1 is 1.15 bits per heavy atom. The molecule has 4 heteroatoms. The van der Waals surface area contributed by atoms with Crippen molar-refractivity contribution in [3.8, 4) is 0 Å². The summed E-state index contributed by atoms with van der Waals surface area (Å²) in [6.07, 6.45) is 9.01. The largest absolute Gasteiger partial charge is 0.343 e. The van der Waals surface area contributed by atoms with Gasteiger partial charge in [0.2, 0.25) is 5.91 Å². The van der Waals surface area contributed by atoms with Crippen molar-refractivity contribution < 1.29 is 4.79 Å². The second-order valence-electron chi connectivity index (χ2n) is 6.58. The minimum absolute atomic E-state index is 0.215. The average molecular weight is 281 g/mol. The van der Waals surface area contributed by atoms with Crippen LogP contribution >= 0.6 is 0 Å². The highest BCUT2D eigenvalue weighted by Crippen LogP contribution is 2.21. The molecule has 1 atom stereocenters. The number of nitrogens with zero attached hydrogens (tertiary/aromatic N) is 2. The maximum Gasteiger partial charge on any atom is 0.222 e. The van der Waals surface area contributed by atoms with E-state index >= 15 is 0 Å². The van der Waals surface area contributed by atoms with Crippen molar-refractivity contribution in [1.29, 1.82) is 0 Å². The van der Waals surface area contributed by atoms with Crippen LogP contribution in [0.25, 0.3) is 0 Å². The van der Waals surface area contributed by atoms with Gasteiger partial charge in [0.1, 0.15) is 0 Å². The summed E-state index contributed by atoms with van der Waals surface area (Å²) in [5.41, 5.74) is 5.73. The minimum atomic E-state index is 0.215. The van der Waals surface area contributed by atoms with E-state index in [0.29, 0.717) is 12.3 Å². The number of nitrogens with two attached hydrogens (primary N) is 1. The van der Waals surface area contributed by atoms with E-state index in [9.17, 15) is 4.79 Å². The van der Waals surface area contributed by atoms with Crippen LogP contribution in [0.4, 0.5) is 0 Å². The SMILES string of the molecule is CC(N)CCCC(=O)N1CCC(N2CCCCC2)CC1. The van der Waals surface area contributed by atoms with Gasteiger partial charge in [-0.15, -0.1) is 0 Å². The van der Waals surface area contributed by atoms with Crippen LogP contribution in [0.1, 0.15) is 58.3 Å². The normalized spacial score (nSPS) is 23.8. The van der Waals surface area contributed by atoms with Crippen molar-refractivity contribution in [1.82, 2.24) is 9.80 Å². The van der Waals surface area contributed by atoms with Gasteiger partial charge >= 0.3 is 0 Å². The molecule has 0 aromatic heterocycles. The number of hydrogen-bond donors (Lipinski definition) is 1. The maximum absolute atomic E-state index is 12.1. The molecule has 0 radical (unpaired) electrons. The molecule has 1 amide bonds. The molecule has 2 aliphatic heterocycles. The molecule has 4 nitrogen and oxygen atoms in total. The molecule has 2 N–H and O–H groups in total. The molecule has 2 heterocycles. The number of carbonyl (C=O) groups is 1. The third-order valence-corrected chi connectivity index (χ3v) is 4.77. The van der Waals surface area contributed by atoms with E-state index in [4.69, 9.17) is 5.73 Å². The molecule has 0 spiro atoms. The molecule has 2 fully saturated rings. The monoisotopic (exact) mass is 281 g/mol. The third-order valence-electron chi connectivity index (χ3n) is 4.77. The minimum Gasteiger partial charge on any atom is -0.343 e. The summed E-state index contributed by atoms with van der Waals surface area (Å²) in [4.78, 5) is 16.9. The second-order valence-corrected chi connectivity index (χ2v) is 6.58. The van der Waals surface area contributed by atoms with Gasteiger partial charge in [-0.1, -0.05) is 6.42 Å². The summed E-state index contributed by atoms with van der Waals surface area (Å²) in [6.45, 7) is 6.46. The van der Waals surface area contributed by atoms with Crippen LogP contribution in [-0.2, 0) is 4.79 Å². The number of rotatable bonds is 5. The molecule has 116 valence electrons. The van der Waals surface area contributed by atoms with E-state index in [1.807, 2.05) is 6.92 Å². The Morgan fingerprint density at radius 2 is 1.80 bits per heavy atom. The standard InChI is InChI=1S/C16H31N3O/c1-14(17)6-5-7-16(20)19-12-8-15(9-13-19)18-10-3-2-4-11-18/h14-15H,2-13,17H2,1H3. The Balaban J connectivity index is 1.66. The van der Waals surface area contributed by atoms with E-state index in [1.165, 1.54) is 45.2 Å². The topological polar surface area (TPSA) is 49.6 Å². The second kappa shape index (κ2) is 7.99. The Kier molecular flexibility index (Phi) is 6.30. The van der Waals surface area contributed by atoms with Gasteiger partial charge in [-0.25, -0.2) is 0 Å². The first-order chi connectivity index (χ1) is 9.66. The van der Waals surface area contributed by atoms with Gasteiger partial charge in [-0.3, -0.25) is 4.79 Å². The van der Waals surface area contributed by atoms with Gasteiger partial charge in [0.25, 0.3) is 0 Å². The van der Waals surface area contributed by atoms with E-state index < -0.39 is 0 Å². The lowest BCUT2D eigenvalue weighted by Gasteiger charge is -2.40. The van der Waals surface area contributed by atoms with Gasteiger partial charge in [0.05, 0.1) is 0 Å². The predicted octanol–water partition coefficient (Wildman–Crippen LogP) is 1.98. The number of hydrogen-bond acceptors (Lipinski definition) is 3. The zero-order chi connectivity index (χ0) is 14.4. The maximum atomic E-state index is 12.1. The first-order valence-electron chi connectivity index (χ1n) is 8.44. The van der Waals surface area contributed by atoms with Crippen molar-refractivity contribution in [2.24, 2.45) is 5.73 Å². The molecule has 0 aromatic carbocycles. The van der Waals surface area contributed by atoms with Gasteiger partial charge in [0, 0.05) is 31.6 Å². The van der Waals surface area contributed by atoms with E-state index in [0.717, 1.165) is 32.0 Å². The summed E-state index contributed by atoms with van der Waals surface area (Å²) >= 11 is 0. The first-order valence-corrected chi connectivity index (χ1v) is 8.44. The number of amides is 1. The van der Waals surface area contributed by atoms with Crippen molar-refractivity contribution in [2.45, 2.75) is 70.4 Å². The highest BCUT2D eigenvalue weighted by Gasteiger charge is 2.27. The highest BCUT2D eigenvalue weighted by molar-refractivity contribution is 5.76. The predicted molar refractivity (Wildman–Crippen MR) is 82.5 cm³/mol. The van der Waals surface area contributed by atoms with Crippen molar-refractivity contribution in [3.63, 3.8) is 0 Å². The third kappa shape index (κ3) is 4.74. The quantitative estimate of drug-likeness (QED) is 0.838. The van der Waals surface area contributed by atoms with Crippen LogP contribution < -0.4 is 5.73 Å². The van der Waals surface area contributed by atoms with Crippen molar-refractivity contribution >= 4 is 5.91 Å². The molecule has 20 heavy (non-hydrogen) atoms. The van der Waals surface area contributed by atoms with Crippen LogP contribution in [0.15, 0.2) is 0 Å². The van der Waals surface area contributed by atoms with Crippen LogP contribution in [0, 0.1) is 0 Å². The fraction of sp³-hybridized carbons (Fsp3) is 0.938. The van der Waals surface area contributed by atoms with Crippen LogP contribution in [0.3, 0.4) is 0 Å². The lowest BCUT2D eigenvalue weighted by Crippen LogP contribution is -2.48. The summed E-state index contributed by atoms with van der Waals surface area (Å²) in [7, 11) is 0. The van der Waals surface area contributed by atoms with Crippen molar-refractivity contribution in [2.75, 3.05) is 26.2 Å². The Labute approximate surface area is 123 Å². The van der Waals surface area contributed by atoms with E-state index in [2.05, 4.69) is 9.80 Å². The molecule has 0 bridgehead atoms. The summed E-state index contributed by atoms with van der Waals surface area (Å²) in [6, 6.07) is 0.941. The molecule has 1 unspecified atom stereocenters. The lowest BCUT2D eigenvalue weighted by molar-refractivity contribution is -0.133. The number of likely N-dealkylation sites (tertiary alicyclic amines) is 2. The zero-order valence-corrected chi connectivity index (χ0v) is 13.0. The first kappa shape index (κ1) is 15.8. The van der Waals surface area contributed by atoms with Gasteiger partial charge in [0.15, 0.2) is 0 Å². The molecule has 0 saturated carbocycles. The highest BCUT2D eigenvalue weighted by atomic mass is 16.2. The summed E-state index contributed by atoms with van der Waals surface area (Å²) < 4.78 is 0. The average Bonchev–Trinajstić information content (AvgIpc) is 2.48. The number of piperidine rings is 2. The van der Waals surface area contributed by atoms with Gasteiger partial charge in [-0.2, -0.15) is 0 Å². The smallest absolute Gasteiger partial charge is 0.222 e. The van der Waals surface area contributed by atoms with E-state index in [1.54, 1.807) is 0 Å². The fourth-order valence-corrected chi connectivity index (χ4v) is 3.50. The summed E-state index contributed by atoms with van der Waals surface area (Å²) in [5, 5.41) is 0. The molecule has 2 saturated heterocycles. The molecule has 0 aromatic rings.